The van der Waals surface area contributed by atoms with Crippen molar-refractivity contribution in [3.8, 4) is 0 Å². The van der Waals surface area contributed by atoms with Crippen LogP contribution in [0.2, 0.25) is 0 Å². The Morgan fingerprint density at radius 2 is 1.67 bits per heavy atom. The average Bonchev–Trinajstić information content (AvgIpc) is 2.99. The number of carboxylic acids is 1. The molecule has 130 valence electrons. The number of rotatable bonds is 4. The van der Waals surface area contributed by atoms with Crippen LogP contribution >= 0.6 is 0 Å². The highest BCUT2D eigenvalue weighted by molar-refractivity contribution is 5.98. The molecule has 2 rings (SSSR count). The van der Waals surface area contributed by atoms with Crippen LogP contribution in [0.15, 0.2) is 24.3 Å². The minimum absolute atomic E-state index is 0.113. The number of Topliss-reactive ketones (excluding diaryl/α,β-unsaturated/α-hetero) is 1. The summed E-state index contributed by atoms with van der Waals surface area (Å²) in [7, 11) is 0. The number of nitrogens with zero attached hydrogens (tertiary/aromatic N) is 1. The lowest BCUT2D eigenvalue weighted by Gasteiger charge is -2.18. The van der Waals surface area contributed by atoms with Crippen LogP contribution in [0.4, 0.5) is 13.2 Å². The molecule has 0 radical (unpaired) electrons. The van der Waals surface area contributed by atoms with Crippen LogP contribution in [-0.4, -0.2) is 46.9 Å². The molecule has 1 saturated heterocycles. The van der Waals surface area contributed by atoms with Gasteiger partial charge in [0.15, 0.2) is 5.78 Å². The van der Waals surface area contributed by atoms with E-state index in [2.05, 4.69) is 0 Å². The van der Waals surface area contributed by atoms with E-state index in [1.165, 1.54) is 24.3 Å². The summed E-state index contributed by atoms with van der Waals surface area (Å²) >= 11 is 0. The van der Waals surface area contributed by atoms with E-state index < -0.39 is 43.0 Å². The van der Waals surface area contributed by atoms with Crippen LogP contribution in [0.5, 0.6) is 0 Å². The molecule has 8 heteroatoms. The summed E-state index contributed by atoms with van der Waals surface area (Å²) in [6, 6.07) is 5.60. The smallest absolute Gasteiger partial charge is 0.394 e. The molecule has 24 heavy (non-hydrogen) atoms. The second-order valence-electron chi connectivity index (χ2n) is 5.66. The molecular formula is C16H16F3NO4. The maximum Gasteiger partial charge on any atom is 0.394 e. The Labute approximate surface area is 136 Å². The van der Waals surface area contributed by atoms with E-state index in [0.717, 1.165) is 4.90 Å². The third kappa shape index (κ3) is 3.58. The van der Waals surface area contributed by atoms with Gasteiger partial charge in [-0.1, -0.05) is 19.1 Å². The lowest BCUT2D eigenvalue weighted by atomic mass is 9.96. The number of carbonyl (C=O) groups excluding carboxylic acids is 2. The fourth-order valence-corrected chi connectivity index (χ4v) is 2.74. The number of amides is 1. The van der Waals surface area contributed by atoms with Gasteiger partial charge >= 0.3 is 12.1 Å². The monoisotopic (exact) mass is 343 g/mol. The summed E-state index contributed by atoms with van der Waals surface area (Å²) in [5, 5.41) is 8.97. The van der Waals surface area contributed by atoms with Gasteiger partial charge in [-0.15, -0.1) is 0 Å². The van der Waals surface area contributed by atoms with Crippen LogP contribution in [0.1, 0.15) is 34.1 Å². The first-order valence-corrected chi connectivity index (χ1v) is 7.37. The first-order chi connectivity index (χ1) is 11.1. The average molecular weight is 343 g/mol. The van der Waals surface area contributed by atoms with E-state index in [9.17, 15) is 27.6 Å². The van der Waals surface area contributed by atoms with Crippen molar-refractivity contribution in [1.29, 1.82) is 0 Å². The van der Waals surface area contributed by atoms with E-state index in [1.807, 2.05) is 0 Å². The van der Waals surface area contributed by atoms with Crippen LogP contribution in [0.25, 0.3) is 0 Å². The topological polar surface area (TPSA) is 74.7 Å². The highest BCUT2D eigenvalue weighted by Crippen LogP contribution is 2.38. The highest BCUT2D eigenvalue weighted by atomic mass is 19.4. The van der Waals surface area contributed by atoms with Gasteiger partial charge < -0.3 is 10.0 Å². The molecule has 0 aromatic heterocycles. The SMILES string of the molecule is CCC(=O)c1ccc(C(=O)N2C[C@@H](C(F)(F)F)[C@H](C(=O)O)C2)cc1. The third-order valence-corrected chi connectivity index (χ3v) is 4.12. The number of aliphatic carboxylic acids is 1. The minimum atomic E-state index is -4.69. The number of likely N-dealkylation sites (tertiary alicyclic amines) is 1. The van der Waals surface area contributed by atoms with Crippen molar-refractivity contribution < 1.29 is 32.7 Å². The zero-order valence-corrected chi connectivity index (χ0v) is 12.8. The second-order valence-corrected chi connectivity index (χ2v) is 5.66. The predicted molar refractivity (Wildman–Crippen MR) is 77.6 cm³/mol. The zero-order chi connectivity index (χ0) is 18.1. The standard InChI is InChI=1S/C16H16F3NO4/c1-2-13(21)9-3-5-10(6-4-9)14(22)20-7-11(15(23)24)12(8-20)16(17,18)19/h3-6,11-12H,2,7-8H2,1H3,(H,23,24)/t11-,12-/m1/s1. The summed E-state index contributed by atoms with van der Waals surface area (Å²) < 4.78 is 38.9. The molecule has 1 aliphatic rings. The Hall–Kier alpha value is -2.38. The molecule has 1 heterocycles. The Kier molecular flexibility index (Phi) is 4.96. The van der Waals surface area contributed by atoms with E-state index in [0.29, 0.717) is 12.0 Å². The van der Waals surface area contributed by atoms with Crippen LogP contribution in [0.3, 0.4) is 0 Å². The van der Waals surface area contributed by atoms with Crippen LogP contribution in [0, 0.1) is 11.8 Å². The van der Waals surface area contributed by atoms with Crippen molar-refractivity contribution in [3.05, 3.63) is 35.4 Å². The van der Waals surface area contributed by atoms with Gasteiger partial charge in [-0.3, -0.25) is 14.4 Å². The molecule has 1 aromatic rings. The molecule has 1 aliphatic heterocycles. The van der Waals surface area contributed by atoms with E-state index in [4.69, 9.17) is 5.11 Å². The summed E-state index contributed by atoms with van der Waals surface area (Å²) in [6.07, 6.45) is -4.39. The maximum absolute atomic E-state index is 13.0. The lowest BCUT2D eigenvalue weighted by molar-refractivity contribution is -0.187. The second kappa shape index (κ2) is 6.62. The number of halogens is 3. The fourth-order valence-electron chi connectivity index (χ4n) is 2.74. The number of benzene rings is 1. The van der Waals surface area contributed by atoms with Gasteiger partial charge in [0.1, 0.15) is 0 Å². The number of hydrogen-bond acceptors (Lipinski definition) is 3. The first kappa shape index (κ1) is 18.0. The molecule has 1 amide bonds. The molecular weight excluding hydrogens is 327 g/mol. The largest absolute Gasteiger partial charge is 0.481 e. The molecule has 0 saturated carbocycles. The van der Waals surface area contributed by atoms with Crippen molar-refractivity contribution in [3.63, 3.8) is 0 Å². The maximum atomic E-state index is 13.0. The quantitative estimate of drug-likeness (QED) is 0.853. The van der Waals surface area contributed by atoms with Crippen molar-refractivity contribution in [2.24, 2.45) is 11.8 Å². The summed E-state index contributed by atoms with van der Waals surface area (Å²) in [6.45, 7) is 0.512. The third-order valence-electron chi connectivity index (χ3n) is 4.12. The molecule has 2 atom stereocenters. The minimum Gasteiger partial charge on any atom is -0.481 e. The van der Waals surface area contributed by atoms with Gasteiger partial charge in [-0.25, -0.2) is 0 Å². The Morgan fingerprint density at radius 3 is 2.08 bits per heavy atom. The van der Waals surface area contributed by atoms with E-state index in [1.54, 1.807) is 6.92 Å². The molecule has 1 N–H and O–H groups in total. The Morgan fingerprint density at radius 1 is 1.12 bits per heavy atom. The molecule has 0 aliphatic carbocycles. The Balaban J connectivity index is 2.18. The van der Waals surface area contributed by atoms with Crippen molar-refractivity contribution in [1.82, 2.24) is 4.90 Å². The van der Waals surface area contributed by atoms with Crippen molar-refractivity contribution in [2.75, 3.05) is 13.1 Å². The molecule has 0 spiro atoms. The number of alkyl halides is 3. The number of ketones is 1. The van der Waals surface area contributed by atoms with Crippen molar-refractivity contribution in [2.45, 2.75) is 19.5 Å². The highest BCUT2D eigenvalue weighted by Gasteiger charge is 2.53. The zero-order valence-electron chi connectivity index (χ0n) is 12.8. The van der Waals surface area contributed by atoms with Crippen LogP contribution < -0.4 is 0 Å². The molecule has 1 aromatic carbocycles. The fraction of sp³-hybridized carbons (Fsp3) is 0.438. The summed E-state index contributed by atoms with van der Waals surface area (Å²) in [5.74, 6) is -6.12. The molecule has 0 bridgehead atoms. The normalized spacial score (nSPS) is 20.9. The van der Waals surface area contributed by atoms with Gasteiger partial charge in [0.25, 0.3) is 5.91 Å². The molecule has 1 fully saturated rings. The molecule has 5 nitrogen and oxygen atoms in total. The number of carboxylic acid groups (broad SMARTS) is 1. The van der Waals surface area contributed by atoms with Gasteiger partial charge in [0.2, 0.25) is 0 Å². The first-order valence-electron chi connectivity index (χ1n) is 7.37. The molecule has 0 unspecified atom stereocenters. The van der Waals surface area contributed by atoms with E-state index >= 15 is 0 Å². The van der Waals surface area contributed by atoms with E-state index in [-0.39, 0.29) is 11.3 Å². The number of carbonyl (C=O) groups is 3. The lowest BCUT2D eigenvalue weighted by Crippen LogP contribution is -2.34. The summed E-state index contributed by atoms with van der Waals surface area (Å²) in [4.78, 5) is 35.8. The Bertz CT molecular complexity index is 654. The van der Waals surface area contributed by atoms with Gasteiger partial charge in [-0.05, 0) is 12.1 Å². The van der Waals surface area contributed by atoms with Gasteiger partial charge in [0.05, 0.1) is 11.8 Å². The van der Waals surface area contributed by atoms with Gasteiger partial charge in [-0.2, -0.15) is 13.2 Å². The van der Waals surface area contributed by atoms with Gasteiger partial charge in [0, 0.05) is 30.6 Å². The number of hydrogen-bond donors (Lipinski definition) is 1. The van der Waals surface area contributed by atoms with Crippen LogP contribution in [-0.2, 0) is 4.79 Å². The predicted octanol–water partition coefficient (Wildman–Crippen LogP) is 2.61. The summed E-state index contributed by atoms with van der Waals surface area (Å²) in [5.41, 5.74) is 0.529. The van der Waals surface area contributed by atoms with Crippen molar-refractivity contribution >= 4 is 17.7 Å².